The van der Waals surface area contributed by atoms with E-state index in [2.05, 4.69) is 52.9 Å². The van der Waals surface area contributed by atoms with Gasteiger partial charge in [-0.15, -0.1) is 0 Å². The molecule has 5 rings (SSSR count). The number of carbonyl (C=O) groups is 2. The number of likely N-dealkylation sites (tertiary alicyclic amines) is 1. The lowest BCUT2D eigenvalue weighted by atomic mass is 9.90. The van der Waals surface area contributed by atoms with E-state index in [1.54, 1.807) is 0 Å². The fourth-order valence-corrected chi connectivity index (χ4v) is 5.41. The summed E-state index contributed by atoms with van der Waals surface area (Å²) >= 11 is 0. The van der Waals surface area contributed by atoms with Crippen molar-refractivity contribution in [1.82, 2.24) is 19.3 Å². The summed E-state index contributed by atoms with van der Waals surface area (Å²) in [5, 5.41) is 1.11. The second-order valence-corrected chi connectivity index (χ2v) is 10.1. The number of carbonyl (C=O) groups excluding carboxylic acids is 2. The third-order valence-electron chi connectivity index (χ3n) is 7.71. The van der Waals surface area contributed by atoms with Crippen LogP contribution in [0.25, 0.3) is 10.9 Å². The molecule has 184 valence electrons. The van der Waals surface area contributed by atoms with Gasteiger partial charge in [-0.2, -0.15) is 0 Å². The maximum absolute atomic E-state index is 13.3. The predicted molar refractivity (Wildman–Crippen MR) is 139 cm³/mol. The Hall–Kier alpha value is -3.12. The monoisotopic (exact) mass is 472 g/mol. The standard InChI is InChI=1S/C29H36N4O2/c1-30-17-19-32(20-18-30)28(34)12-16-31-15-11-25-7-8-26(22-27(25)31)29(35)33-13-9-24(10-14-33)21-23-5-3-2-4-6-23/h2-8,11,15,22,24H,9-10,12-14,16-21H2,1H3. The van der Waals surface area contributed by atoms with Gasteiger partial charge in [0.2, 0.25) is 5.91 Å². The first-order valence-electron chi connectivity index (χ1n) is 13.0. The number of aryl methyl sites for hydroxylation is 1. The van der Waals surface area contributed by atoms with Gasteiger partial charge in [0.1, 0.15) is 0 Å². The van der Waals surface area contributed by atoms with Gasteiger partial charge in [0, 0.05) is 69.5 Å². The van der Waals surface area contributed by atoms with E-state index >= 15 is 0 Å². The molecule has 0 N–H and O–H groups in total. The van der Waals surface area contributed by atoms with Crippen molar-refractivity contribution in [3.05, 3.63) is 71.9 Å². The molecule has 0 radical (unpaired) electrons. The number of likely N-dealkylation sites (N-methyl/N-ethyl adjacent to an activating group) is 1. The summed E-state index contributed by atoms with van der Waals surface area (Å²) in [5.41, 5.74) is 3.15. The number of hydrogen-bond acceptors (Lipinski definition) is 3. The normalized spacial score (nSPS) is 17.7. The highest BCUT2D eigenvalue weighted by Crippen LogP contribution is 2.24. The second kappa shape index (κ2) is 10.6. The van der Waals surface area contributed by atoms with Crippen LogP contribution in [0.4, 0.5) is 0 Å². The first kappa shape index (κ1) is 23.6. The highest BCUT2D eigenvalue weighted by atomic mass is 16.2. The minimum atomic E-state index is 0.117. The van der Waals surface area contributed by atoms with Crippen LogP contribution in [-0.2, 0) is 17.8 Å². The molecule has 2 aliphatic heterocycles. The van der Waals surface area contributed by atoms with Crippen LogP contribution in [0.1, 0.15) is 35.2 Å². The Balaban J connectivity index is 1.19. The Morgan fingerprint density at radius 3 is 2.34 bits per heavy atom. The van der Waals surface area contributed by atoms with Crippen molar-refractivity contribution in [2.24, 2.45) is 5.92 Å². The Morgan fingerprint density at radius 2 is 1.60 bits per heavy atom. The number of piperazine rings is 1. The number of nitrogens with zero attached hydrogens (tertiary/aromatic N) is 4. The minimum Gasteiger partial charge on any atom is -0.347 e. The third-order valence-corrected chi connectivity index (χ3v) is 7.71. The Morgan fingerprint density at radius 1 is 0.857 bits per heavy atom. The molecule has 3 aromatic rings. The molecular formula is C29H36N4O2. The average Bonchev–Trinajstić information content (AvgIpc) is 3.30. The quantitative estimate of drug-likeness (QED) is 0.547. The molecule has 2 amide bonds. The van der Waals surface area contributed by atoms with Crippen LogP contribution >= 0.6 is 0 Å². The Kier molecular flexibility index (Phi) is 7.19. The number of hydrogen-bond donors (Lipinski definition) is 0. The number of aromatic nitrogens is 1. The van der Waals surface area contributed by atoms with Crippen LogP contribution < -0.4 is 0 Å². The molecule has 0 saturated carbocycles. The smallest absolute Gasteiger partial charge is 0.253 e. The largest absolute Gasteiger partial charge is 0.347 e. The lowest BCUT2D eigenvalue weighted by Crippen LogP contribution is -2.47. The molecule has 0 spiro atoms. The van der Waals surface area contributed by atoms with E-state index in [0.717, 1.165) is 75.0 Å². The summed E-state index contributed by atoms with van der Waals surface area (Å²) in [7, 11) is 2.10. The first-order chi connectivity index (χ1) is 17.1. The van der Waals surface area contributed by atoms with Crippen LogP contribution in [0, 0.1) is 5.92 Å². The van der Waals surface area contributed by atoms with E-state index in [4.69, 9.17) is 0 Å². The van der Waals surface area contributed by atoms with E-state index in [0.29, 0.717) is 18.9 Å². The molecule has 0 atom stereocenters. The van der Waals surface area contributed by atoms with Gasteiger partial charge in [0.15, 0.2) is 0 Å². The van der Waals surface area contributed by atoms with E-state index in [9.17, 15) is 9.59 Å². The zero-order chi connectivity index (χ0) is 24.2. The predicted octanol–water partition coefficient (Wildman–Crippen LogP) is 3.90. The highest BCUT2D eigenvalue weighted by Gasteiger charge is 2.24. The fourth-order valence-electron chi connectivity index (χ4n) is 5.41. The van der Waals surface area contributed by atoms with Gasteiger partial charge in [0.05, 0.1) is 0 Å². The van der Waals surface area contributed by atoms with Gasteiger partial charge in [-0.1, -0.05) is 36.4 Å². The van der Waals surface area contributed by atoms with Crippen molar-refractivity contribution >= 4 is 22.7 Å². The molecule has 2 aliphatic rings. The molecule has 2 aromatic carbocycles. The maximum Gasteiger partial charge on any atom is 0.253 e. The molecule has 2 saturated heterocycles. The maximum atomic E-state index is 13.3. The van der Waals surface area contributed by atoms with Crippen molar-refractivity contribution in [3.8, 4) is 0 Å². The first-order valence-corrected chi connectivity index (χ1v) is 13.0. The lowest BCUT2D eigenvalue weighted by molar-refractivity contribution is -0.132. The van der Waals surface area contributed by atoms with Gasteiger partial charge in [-0.25, -0.2) is 0 Å². The van der Waals surface area contributed by atoms with Crippen molar-refractivity contribution in [2.45, 2.75) is 32.2 Å². The number of amides is 2. The van der Waals surface area contributed by atoms with E-state index in [1.165, 1.54) is 5.56 Å². The Labute approximate surface area is 208 Å². The van der Waals surface area contributed by atoms with Crippen molar-refractivity contribution < 1.29 is 9.59 Å². The van der Waals surface area contributed by atoms with E-state index in [-0.39, 0.29) is 11.8 Å². The van der Waals surface area contributed by atoms with Crippen molar-refractivity contribution in [1.29, 1.82) is 0 Å². The Bertz CT molecular complexity index is 1160. The zero-order valence-electron chi connectivity index (χ0n) is 20.7. The SMILES string of the molecule is CN1CCN(C(=O)CCn2ccc3ccc(C(=O)N4CCC(Cc5ccccc5)CC4)cc32)CC1. The van der Waals surface area contributed by atoms with E-state index in [1.807, 2.05) is 34.2 Å². The molecule has 0 bridgehead atoms. The van der Waals surface area contributed by atoms with Gasteiger partial charge < -0.3 is 19.3 Å². The summed E-state index contributed by atoms with van der Waals surface area (Å²) in [6.45, 7) is 5.76. The number of rotatable bonds is 6. The van der Waals surface area contributed by atoms with Crippen LogP contribution in [-0.4, -0.2) is 77.4 Å². The van der Waals surface area contributed by atoms with Gasteiger partial charge in [-0.05, 0) is 61.4 Å². The molecule has 1 aromatic heterocycles. The molecule has 6 heteroatoms. The summed E-state index contributed by atoms with van der Waals surface area (Å²) in [6.07, 6.45) is 5.71. The number of fused-ring (bicyclic) bond motifs is 1. The van der Waals surface area contributed by atoms with Crippen molar-refractivity contribution in [3.63, 3.8) is 0 Å². The number of benzene rings is 2. The van der Waals surface area contributed by atoms with Crippen LogP contribution in [0.5, 0.6) is 0 Å². The summed E-state index contributed by atoms with van der Waals surface area (Å²) < 4.78 is 2.12. The molecule has 35 heavy (non-hydrogen) atoms. The van der Waals surface area contributed by atoms with Gasteiger partial charge in [0.25, 0.3) is 5.91 Å². The van der Waals surface area contributed by atoms with Crippen LogP contribution in [0.3, 0.4) is 0 Å². The molecule has 0 unspecified atom stereocenters. The molecule has 2 fully saturated rings. The molecule has 3 heterocycles. The fraction of sp³-hybridized carbons (Fsp3) is 0.448. The average molecular weight is 473 g/mol. The third kappa shape index (κ3) is 5.59. The van der Waals surface area contributed by atoms with Crippen LogP contribution in [0.2, 0.25) is 0 Å². The molecule has 6 nitrogen and oxygen atoms in total. The lowest BCUT2D eigenvalue weighted by Gasteiger charge is -2.32. The summed E-state index contributed by atoms with van der Waals surface area (Å²) in [4.78, 5) is 32.2. The van der Waals surface area contributed by atoms with E-state index < -0.39 is 0 Å². The minimum absolute atomic E-state index is 0.117. The van der Waals surface area contributed by atoms with Crippen LogP contribution in [0.15, 0.2) is 60.8 Å². The highest BCUT2D eigenvalue weighted by molar-refractivity contribution is 5.98. The summed E-state index contributed by atoms with van der Waals surface area (Å²) in [6, 6.07) is 18.7. The van der Waals surface area contributed by atoms with Gasteiger partial charge >= 0.3 is 0 Å². The molecular weight excluding hydrogens is 436 g/mol. The zero-order valence-corrected chi connectivity index (χ0v) is 20.7. The topological polar surface area (TPSA) is 48.8 Å². The van der Waals surface area contributed by atoms with Crippen molar-refractivity contribution in [2.75, 3.05) is 46.3 Å². The second-order valence-electron chi connectivity index (χ2n) is 10.1. The summed E-state index contributed by atoms with van der Waals surface area (Å²) in [5.74, 6) is 0.968. The molecule has 0 aliphatic carbocycles. The number of piperidine rings is 1. The van der Waals surface area contributed by atoms with Gasteiger partial charge in [-0.3, -0.25) is 9.59 Å².